The van der Waals surface area contributed by atoms with E-state index in [-0.39, 0.29) is 11.8 Å². The van der Waals surface area contributed by atoms with Crippen LogP contribution in [-0.4, -0.2) is 59.0 Å². The summed E-state index contributed by atoms with van der Waals surface area (Å²) in [6.45, 7) is 3.94. The molecule has 2 rings (SSSR count). The van der Waals surface area contributed by atoms with Crippen molar-refractivity contribution in [1.82, 2.24) is 9.80 Å². The summed E-state index contributed by atoms with van der Waals surface area (Å²) in [5.41, 5.74) is 0.686. The van der Waals surface area contributed by atoms with Crippen molar-refractivity contribution in [2.45, 2.75) is 25.9 Å². The fourth-order valence-electron chi connectivity index (χ4n) is 2.41. The minimum absolute atomic E-state index is 0.0201. The summed E-state index contributed by atoms with van der Waals surface area (Å²) in [4.78, 5) is 27.8. The monoisotopic (exact) mass is 290 g/mol. The average Bonchev–Trinajstić information content (AvgIpc) is 2.53. The Hall–Kier alpha value is -1.88. The Morgan fingerprint density at radius 2 is 1.67 bits per heavy atom. The summed E-state index contributed by atoms with van der Waals surface area (Å²) in [7, 11) is 0. The van der Waals surface area contributed by atoms with Crippen molar-refractivity contribution in [2.24, 2.45) is 0 Å². The number of aliphatic hydroxyl groups excluding tert-OH is 1. The first-order valence-corrected chi connectivity index (χ1v) is 7.38. The summed E-state index contributed by atoms with van der Waals surface area (Å²) in [5.74, 6) is 0.0781. The quantitative estimate of drug-likeness (QED) is 0.904. The number of carbonyl (C=O) groups is 2. The molecule has 1 atom stereocenters. The van der Waals surface area contributed by atoms with Crippen molar-refractivity contribution in [3.8, 4) is 0 Å². The highest BCUT2D eigenvalue weighted by Gasteiger charge is 2.24. The maximum absolute atomic E-state index is 12.3. The molecule has 1 heterocycles. The largest absolute Gasteiger partial charge is 0.393 e. The number of amides is 2. The molecule has 5 nitrogen and oxygen atoms in total. The molecule has 1 aliphatic heterocycles. The van der Waals surface area contributed by atoms with Crippen LogP contribution in [0, 0.1) is 0 Å². The fraction of sp³-hybridized carbons (Fsp3) is 0.500. The van der Waals surface area contributed by atoms with Crippen LogP contribution in [0.25, 0.3) is 0 Å². The summed E-state index contributed by atoms with van der Waals surface area (Å²) < 4.78 is 0. The number of rotatable bonds is 4. The number of aliphatic hydroxyl groups is 1. The Morgan fingerprint density at radius 3 is 2.24 bits per heavy atom. The lowest BCUT2D eigenvalue weighted by atomic mass is 10.1. The smallest absolute Gasteiger partial charge is 0.253 e. The van der Waals surface area contributed by atoms with Gasteiger partial charge in [0.15, 0.2) is 0 Å². The molecule has 5 heteroatoms. The van der Waals surface area contributed by atoms with Gasteiger partial charge in [0.05, 0.1) is 6.10 Å². The lowest BCUT2D eigenvalue weighted by Crippen LogP contribution is -2.50. The number of nitrogens with zero attached hydrogens (tertiary/aromatic N) is 2. The Balaban J connectivity index is 1.83. The predicted octanol–water partition coefficient (Wildman–Crippen LogP) is 1.13. The zero-order valence-electron chi connectivity index (χ0n) is 12.4. The van der Waals surface area contributed by atoms with Crippen molar-refractivity contribution in [2.75, 3.05) is 26.2 Å². The van der Waals surface area contributed by atoms with E-state index in [1.54, 1.807) is 16.7 Å². The van der Waals surface area contributed by atoms with Crippen LogP contribution in [0.15, 0.2) is 30.3 Å². The predicted molar refractivity (Wildman–Crippen MR) is 79.8 cm³/mol. The van der Waals surface area contributed by atoms with Crippen LogP contribution in [0.4, 0.5) is 0 Å². The van der Waals surface area contributed by atoms with Gasteiger partial charge in [-0.05, 0) is 25.5 Å². The average molecular weight is 290 g/mol. The molecular weight excluding hydrogens is 268 g/mol. The first kappa shape index (κ1) is 15.5. The molecule has 2 amide bonds. The van der Waals surface area contributed by atoms with E-state index in [1.165, 1.54) is 0 Å². The number of hydrogen-bond donors (Lipinski definition) is 1. The van der Waals surface area contributed by atoms with Gasteiger partial charge in [-0.25, -0.2) is 0 Å². The van der Waals surface area contributed by atoms with Crippen molar-refractivity contribution < 1.29 is 14.7 Å². The van der Waals surface area contributed by atoms with Crippen molar-refractivity contribution in [3.63, 3.8) is 0 Å². The zero-order chi connectivity index (χ0) is 15.2. The summed E-state index contributed by atoms with van der Waals surface area (Å²) in [6.07, 6.45) is 0.404. The van der Waals surface area contributed by atoms with E-state index in [4.69, 9.17) is 0 Å². The molecule has 1 N–H and O–H groups in total. The standard InChI is InChI=1S/C16H22N2O3/c1-13(19)7-8-15(20)17-9-11-18(12-10-17)16(21)14-5-3-2-4-6-14/h2-6,13,19H,7-12H2,1H3. The molecule has 114 valence electrons. The SMILES string of the molecule is CC(O)CCC(=O)N1CCN(C(=O)c2ccccc2)CC1. The first-order chi connectivity index (χ1) is 10.1. The fourth-order valence-corrected chi connectivity index (χ4v) is 2.41. The van der Waals surface area contributed by atoms with E-state index < -0.39 is 6.10 Å². The second-order valence-corrected chi connectivity index (χ2v) is 5.43. The van der Waals surface area contributed by atoms with Gasteiger partial charge < -0.3 is 14.9 Å². The Bertz CT molecular complexity index is 480. The lowest BCUT2D eigenvalue weighted by molar-refractivity contribution is -0.133. The second kappa shape index (κ2) is 7.22. The molecular formula is C16H22N2O3. The molecule has 1 aromatic carbocycles. The summed E-state index contributed by atoms with van der Waals surface area (Å²) in [6, 6.07) is 9.20. The molecule has 21 heavy (non-hydrogen) atoms. The molecule has 0 aromatic heterocycles. The van der Waals surface area contributed by atoms with Gasteiger partial charge in [-0.15, -0.1) is 0 Å². The summed E-state index contributed by atoms with van der Waals surface area (Å²) >= 11 is 0. The van der Waals surface area contributed by atoms with Crippen LogP contribution in [0.1, 0.15) is 30.1 Å². The van der Waals surface area contributed by atoms with Gasteiger partial charge in [0.1, 0.15) is 0 Å². The van der Waals surface area contributed by atoms with Crippen LogP contribution < -0.4 is 0 Å². The van der Waals surface area contributed by atoms with Crippen molar-refractivity contribution >= 4 is 11.8 Å². The molecule has 1 unspecified atom stereocenters. The van der Waals surface area contributed by atoms with E-state index in [0.717, 1.165) is 0 Å². The Morgan fingerprint density at radius 1 is 1.10 bits per heavy atom. The molecule has 0 aliphatic carbocycles. The Kier molecular flexibility index (Phi) is 5.33. The molecule has 0 spiro atoms. The van der Waals surface area contributed by atoms with Crippen LogP contribution in [0.3, 0.4) is 0 Å². The van der Waals surface area contributed by atoms with E-state index in [0.29, 0.717) is 44.6 Å². The minimum Gasteiger partial charge on any atom is -0.393 e. The number of benzene rings is 1. The third-order valence-corrected chi connectivity index (χ3v) is 3.72. The van der Waals surface area contributed by atoms with Crippen molar-refractivity contribution in [3.05, 3.63) is 35.9 Å². The van der Waals surface area contributed by atoms with E-state index in [2.05, 4.69) is 0 Å². The van der Waals surface area contributed by atoms with Crippen LogP contribution in [0.2, 0.25) is 0 Å². The van der Waals surface area contributed by atoms with E-state index in [9.17, 15) is 14.7 Å². The lowest BCUT2D eigenvalue weighted by Gasteiger charge is -2.35. The first-order valence-electron chi connectivity index (χ1n) is 7.38. The number of hydrogen-bond acceptors (Lipinski definition) is 3. The molecule has 1 aromatic rings. The third-order valence-electron chi connectivity index (χ3n) is 3.72. The molecule has 0 radical (unpaired) electrons. The van der Waals surface area contributed by atoms with Gasteiger partial charge in [-0.3, -0.25) is 9.59 Å². The number of carbonyl (C=O) groups excluding carboxylic acids is 2. The van der Waals surface area contributed by atoms with E-state index in [1.807, 2.05) is 30.3 Å². The second-order valence-electron chi connectivity index (χ2n) is 5.43. The van der Waals surface area contributed by atoms with Gasteiger partial charge in [0.2, 0.25) is 5.91 Å². The molecule has 0 saturated carbocycles. The van der Waals surface area contributed by atoms with Crippen molar-refractivity contribution in [1.29, 1.82) is 0 Å². The van der Waals surface area contributed by atoms with Gasteiger partial charge in [0.25, 0.3) is 5.91 Å². The summed E-state index contributed by atoms with van der Waals surface area (Å²) in [5, 5.41) is 9.22. The van der Waals surface area contributed by atoms with Crippen LogP contribution in [0.5, 0.6) is 0 Å². The van der Waals surface area contributed by atoms with Gasteiger partial charge in [-0.1, -0.05) is 18.2 Å². The zero-order valence-corrected chi connectivity index (χ0v) is 12.4. The maximum atomic E-state index is 12.3. The highest BCUT2D eigenvalue weighted by Crippen LogP contribution is 2.10. The van der Waals surface area contributed by atoms with Gasteiger partial charge in [0, 0.05) is 38.2 Å². The van der Waals surface area contributed by atoms with Gasteiger partial charge >= 0.3 is 0 Å². The molecule has 1 aliphatic rings. The number of piperazine rings is 1. The molecule has 1 saturated heterocycles. The topological polar surface area (TPSA) is 60.9 Å². The minimum atomic E-state index is -0.449. The third kappa shape index (κ3) is 4.29. The highest BCUT2D eigenvalue weighted by atomic mass is 16.3. The maximum Gasteiger partial charge on any atom is 0.253 e. The van der Waals surface area contributed by atoms with Crippen LogP contribution in [-0.2, 0) is 4.79 Å². The van der Waals surface area contributed by atoms with Crippen LogP contribution >= 0.6 is 0 Å². The molecule has 1 fully saturated rings. The Labute approximate surface area is 125 Å². The van der Waals surface area contributed by atoms with E-state index >= 15 is 0 Å². The van der Waals surface area contributed by atoms with Gasteiger partial charge in [-0.2, -0.15) is 0 Å². The normalized spacial score (nSPS) is 16.7. The highest BCUT2D eigenvalue weighted by molar-refractivity contribution is 5.94. The molecule has 0 bridgehead atoms.